The fraction of sp³-hybridized carbons (Fsp3) is 0.636. The smallest absolute Gasteiger partial charge is 0.255 e. The lowest BCUT2D eigenvalue weighted by atomic mass is 10.1. The van der Waals surface area contributed by atoms with Crippen LogP contribution in [0.4, 0.5) is 0 Å². The predicted octanol–water partition coefficient (Wildman–Crippen LogP) is 0.637. The molecule has 1 N–H and O–H groups in total. The standard InChI is InChI=1S/C11H17N3O2/c1-8-10(6-12-14(8)2)11(15)13-9-4-3-5-16-7-9/h6,9H,3-5,7H2,1-2H3,(H,13,15)/t9-/m0/s1. The molecule has 1 aliphatic heterocycles. The highest BCUT2D eigenvalue weighted by Crippen LogP contribution is 2.09. The van der Waals surface area contributed by atoms with Crippen molar-refractivity contribution >= 4 is 5.91 Å². The van der Waals surface area contributed by atoms with Crippen LogP contribution in [0.3, 0.4) is 0 Å². The number of carbonyl (C=O) groups is 1. The monoisotopic (exact) mass is 223 g/mol. The number of nitrogens with zero attached hydrogens (tertiary/aromatic N) is 2. The van der Waals surface area contributed by atoms with Crippen molar-refractivity contribution in [1.82, 2.24) is 15.1 Å². The molecule has 0 spiro atoms. The van der Waals surface area contributed by atoms with Crippen molar-refractivity contribution in [1.29, 1.82) is 0 Å². The van der Waals surface area contributed by atoms with Crippen LogP contribution in [-0.2, 0) is 11.8 Å². The summed E-state index contributed by atoms with van der Waals surface area (Å²) in [6.45, 7) is 3.31. The van der Waals surface area contributed by atoms with Crippen LogP contribution in [0, 0.1) is 6.92 Å². The van der Waals surface area contributed by atoms with E-state index >= 15 is 0 Å². The second kappa shape index (κ2) is 4.65. The Morgan fingerprint density at radius 2 is 2.50 bits per heavy atom. The molecule has 16 heavy (non-hydrogen) atoms. The van der Waals surface area contributed by atoms with Crippen molar-refractivity contribution in [3.05, 3.63) is 17.5 Å². The minimum atomic E-state index is -0.0545. The molecule has 1 atom stereocenters. The van der Waals surface area contributed by atoms with Crippen molar-refractivity contribution in [3.63, 3.8) is 0 Å². The van der Waals surface area contributed by atoms with Crippen LogP contribution in [-0.4, -0.2) is 34.9 Å². The lowest BCUT2D eigenvalue weighted by Gasteiger charge is -2.22. The second-order valence-electron chi connectivity index (χ2n) is 4.15. The highest BCUT2D eigenvalue weighted by molar-refractivity contribution is 5.95. The normalized spacial score (nSPS) is 20.8. The van der Waals surface area contributed by atoms with Crippen LogP contribution in [0.5, 0.6) is 0 Å². The molecule has 5 nitrogen and oxygen atoms in total. The average molecular weight is 223 g/mol. The number of hydrogen-bond acceptors (Lipinski definition) is 3. The fourth-order valence-corrected chi connectivity index (χ4v) is 1.84. The Balaban J connectivity index is 1.99. The molecular weight excluding hydrogens is 206 g/mol. The van der Waals surface area contributed by atoms with Gasteiger partial charge in [-0.1, -0.05) is 0 Å². The van der Waals surface area contributed by atoms with E-state index in [1.54, 1.807) is 10.9 Å². The van der Waals surface area contributed by atoms with Crippen LogP contribution in [0.1, 0.15) is 28.9 Å². The highest BCUT2D eigenvalue weighted by atomic mass is 16.5. The highest BCUT2D eigenvalue weighted by Gasteiger charge is 2.19. The van der Waals surface area contributed by atoms with Gasteiger partial charge >= 0.3 is 0 Å². The minimum Gasteiger partial charge on any atom is -0.379 e. The molecule has 0 saturated carbocycles. The summed E-state index contributed by atoms with van der Waals surface area (Å²) in [4.78, 5) is 11.9. The van der Waals surface area contributed by atoms with Crippen LogP contribution < -0.4 is 5.32 Å². The lowest BCUT2D eigenvalue weighted by molar-refractivity contribution is 0.0624. The summed E-state index contributed by atoms with van der Waals surface area (Å²) in [5.74, 6) is -0.0545. The molecule has 0 bridgehead atoms. The molecule has 0 radical (unpaired) electrons. The Morgan fingerprint density at radius 3 is 3.06 bits per heavy atom. The van der Waals surface area contributed by atoms with Gasteiger partial charge in [-0.15, -0.1) is 0 Å². The molecule has 0 unspecified atom stereocenters. The molecule has 1 aliphatic rings. The van der Waals surface area contributed by atoms with Crippen LogP contribution in [0.2, 0.25) is 0 Å². The molecule has 0 aromatic carbocycles. The third kappa shape index (κ3) is 2.24. The molecular formula is C11H17N3O2. The van der Waals surface area contributed by atoms with Crippen molar-refractivity contribution in [2.24, 2.45) is 7.05 Å². The predicted molar refractivity (Wildman–Crippen MR) is 59.3 cm³/mol. The molecule has 1 aromatic rings. The van der Waals surface area contributed by atoms with E-state index in [-0.39, 0.29) is 11.9 Å². The van der Waals surface area contributed by atoms with Crippen LogP contribution in [0.25, 0.3) is 0 Å². The number of rotatable bonds is 2. The van der Waals surface area contributed by atoms with Crippen LogP contribution >= 0.6 is 0 Å². The number of nitrogens with one attached hydrogen (secondary N) is 1. The van der Waals surface area contributed by atoms with Crippen molar-refractivity contribution in [3.8, 4) is 0 Å². The quantitative estimate of drug-likeness (QED) is 0.800. The summed E-state index contributed by atoms with van der Waals surface area (Å²) in [6.07, 6.45) is 3.61. The van der Waals surface area contributed by atoms with Crippen molar-refractivity contribution in [2.45, 2.75) is 25.8 Å². The van der Waals surface area contributed by atoms with E-state index in [1.807, 2.05) is 14.0 Å². The minimum absolute atomic E-state index is 0.0545. The first kappa shape index (κ1) is 11.1. The van der Waals surface area contributed by atoms with E-state index in [0.29, 0.717) is 12.2 Å². The summed E-state index contributed by atoms with van der Waals surface area (Å²) < 4.78 is 7.02. The Labute approximate surface area is 94.8 Å². The third-order valence-corrected chi connectivity index (χ3v) is 2.98. The van der Waals surface area contributed by atoms with Crippen molar-refractivity contribution in [2.75, 3.05) is 13.2 Å². The molecule has 1 amide bonds. The summed E-state index contributed by atoms with van der Waals surface area (Å²) in [6, 6.07) is 0.140. The van der Waals surface area contributed by atoms with E-state index < -0.39 is 0 Å². The number of hydrogen-bond donors (Lipinski definition) is 1. The van der Waals surface area contributed by atoms with E-state index in [0.717, 1.165) is 25.1 Å². The summed E-state index contributed by atoms with van der Waals surface area (Å²) in [5.41, 5.74) is 1.53. The first-order chi connectivity index (χ1) is 7.68. The number of amides is 1. The van der Waals surface area contributed by atoms with Crippen LogP contribution in [0.15, 0.2) is 6.20 Å². The maximum atomic E-state index is 11.9. The summed E-state index contributed by atoms with van der Waals surface area (Å²) in [5, 5.41) is 7.03. The van der Waals surface area contributed by atoms with Gasteiger partial charge in [0.05, 0.1) is 24.4 Å². The topological polar surface area (TPSA) is 56.1 Å². The average Bonchev–Trinajstić information content (AvgIpc) is 2.61. The van der Waals surface area contributed by atoms with Gasteiger partial charge in [0.25, 0.3) is 5.91 Å². The Kier molecular flexibility index (Phi) is 3.24. The zero-order valence-electron chi connectivity index (χ0n) is 9.69. The van der Waals surface area contributed by atoms with Gasteiger partial charge in [-0.25, -0.2) is 0 Å². The second-order valence-corrected chi connectivity index (χ2v) is 4.15. The Morgan fingerprint density at radius 1 is 1.69 bits per heavy atom. The maximum Gasteiger partial charge on any atom is 0.255 e. The van der Waals surface area contributed by atoms with Gasteiger partial charge in [0, 0.05) is 19.3 Å². The summed E-state index contributed by atoms with van der Waals surface area (Å²) in [7, 11) is 1.83. The SMILES string of the molecule is Cc1c(C(=O)N[C@H]2CCCOC2)cnn1C. The first-order valence-corrected chi connectivity index (χ1v) is 5.55. The zero-order valence-corrected chi connectivity index (χ0v) is 9.69. The zero-order chi connectivity index (χ0) is 11.5. The molecule has 2 heterocycles. The Hall–Kier alpha value is -1.36. The van der Waals surface area contributed by atoms with Gasteiger partial charge in [-0.2, -0.15) is 5.10 Å². The van der Waals surface area contributed by atoms with E-state index in [9.17, 15) is 4.79 Å². The van der Waals surface area contributed by atoms with Crippen molar-refractivity contribution < 1.29 is 9.53 Å². The third-order valence-electron chi connectivity index (χ3n) is 2.98. The Bertz CT molecular complexity index is 381. The summed E-state index contributed by atoms with van der Waals surface area (Å²) >= 11 is 0. The van der Waals surface area contributed by atoms with Gasteiger partial charge in [-0.3, -0.25) is 9.48 Å². The number of ether oxygens (including phenoxy) is 1. The molecule has 1 aromatic heterocycles. The molecule has 5 heteroatoms. The van der Waals surface area contributed by atoms with E-state index in [1.165, 1.54) is 0 Å². The largest absolute Gasteiger partial charge is 0.379 e. The van der Waals surface area contributed by atoms with Gasteiger partial charge in [0.15, 0.2) is 0 Å². The first-order valence-electron chi connectivity index (χ1n) is 5.55. The lowest BCUT2D eigenvalue weighted by Crippen LogP contribution is -2.40. The van der Waals surface area contributed by atoms with E-state index in [4.69, 9.17) is 4.74 Å². The number of aryl methyl sites for hydroxylation is 1. The number of carbonyl (C=O) groups excluding carboxylic acids is 1. The molecule has 2 rings (SSSR count). The maximum absolute atomic E-state index is 11.9. The fourth-order valence-electron chi connectivity index (χ4n) is 1.84. The van der Waals surface area contributed by atoms with E-state index in [2.05, 4.69) is 10.4 Å². The van der Waals surface area contributed by atoms with Gasteiger partial charge in [0.2, 0.25) is 0 Å². The number of aromatic nitrogens is 2. The molecule has 88 valence electrons. The van der Waals surface area contributed by atoms with Gasteiger partial charge in [0.1, 0.15) is 0 Å². The van der Waals surface area contributed by atoms with Gasteiger partial charge in [-0.05, 0) is 19.8 Å². The molecule has 1 fully saturated rings. The molecule has 1 saturated heterocycles. The van der Waals surface area contributed by atoms with Gasteiger partial charge < -0.3 is 10.1 Å². The molecule has 0 aliphatic carbocycles.